The van der Waals surface area contributed by atoms with Gasteiger partial charge in [0.15, 0.2) is 0 Å². The molecule has 1 fully saturated rings. The van der Waals surface area contributed by atoms with E-state index >= 15 is 0 Å². The second-order valence-electron chi connectivity index (χ2n) is 5.13. The first-order valence-electron chi connectivity index (χ1n) is 5.97. The molecular formula is C14H20O2. The molecule has 0 aromatic heterocycles. The third kappa shape index (κ3) is 2.83. The summed E-state index contributed by atoms with van der Waals surface area (Å²) in [7, 11) is 0. The monoisotopic (exact) mass is 220 g/mol. The largest absolute Gasteiger partial charge is 0.393 e. The summed E-state index contributed by atoms with van der Waals surface area (Å²) in [6.07, 6.45) is 2.28. The zero-order valence-corrected chi connectivity index (χ0v) is 10.0. The molecule has 0 saturated carbocycles. The molecule has 88 valence electrons. The predicted molar refractivity (Wildman–Crippen MR) is 64.3 cm³/mol. The number of hydrogen-bond acceptors (Lipinski definition) is 2. The van der Waals surface area contributed by atoms with Crippen molar-refractivity contribution in [2.24, 2.45) is 0 Å². The molecule has 0 spiro atoms. The summed E-state index contributed by atoms with van der Waals surface area (Å²) in [5.41, 5.74) is 1.05. The summed E-state index contributed by atoms with van der Waals surface area (Å²) >= 11 is 0. The molecule has 3 atom stereocenters. The van der Waals surface area contributed by atoms with Crippen LogP contribution in [-0.4, -0.2) is 22.9 Å². The minimum atomic E-state index is -0.225. The summed E-state index contributed by atoms with van der Waals surface area (Å²) in [5, 5.41) is 9.81. The van der Waals surface area contributed by atoms with Crippen molar-refractivity contribution in [3.63, 3.8) is 0 Å². The molecule has 1 aromatic carbocycles. The second kappa shape index (κ2) is 4.56. The van der Waals surface area contributed by atoms with Crippen LogP contribution in [0, 0.1) is 0 Å². The SMILES string of the molecule is CC1CC(O)CC(C)(Cc2ccccc2)O1. The number of aliphatic hydroxyl groups is 1. The summed E-state index contributed by atoms with van der Waals surface area (Å²) in [5.74, 6) is 0. The van der Waals surface area contributed by atoms with Crippen LogP contribution in [0.15, 0.2) is 30.3 Å². The molecule has 0 radical (unpaired) electrons. The van der Waals surface area contributed by atoms with Crippen molar-refractivity contribution in [3.05, 3.63) is 35.9 Å². The molecule has 1 aromatic rings. The standard InChI is InChI=1S/C14H20O2/c1-11-8-13(15)10-14(2,16-11)9-12-6-4-3-5-7-12/h3-7,11,13,15H,8-10H2,1-2H3. The lowest BCUT2D eigenvalue weighted by atomic mass is 9.86. The molecule has 3 unspecified atom stereocenters. The zero-order valence-electron chi connectivity index (χ0n) is 10.0. The fraction of sp³-hybridized carbons (Fsp3) is 0.571. The Bertz CT molecular complexity index is 324. The highest BCUT2D eigenvalue weighted by Crippen LogP contribution is 2.31. The van der Waals surface area contributed by atoms with Crippen molar-refractivity contribution in [3.8, 4) is 0 Å². The molecule has 1 aliphatic rings. The van der Waals surface area contributed by atoms with Gasteiger partial charge in [0.05, 0.1) is 17.8 Å². The van der Waals surface area contributed by atoms with Crippen LogP contribution in [0.3, 0.4) is 0 Å². The number of rotatable bonds is 2. The number of aliphatic hydroxyl groups excluding tert-OH is 1. The van der Waals surface area contributed by atoms with Crippen molar-refractivity contribution in [1.82, 2.24) is 0 Å². The quantitative estimate of drug-likeness (QED) is 0.830. The van der Waals surface area contributed by atoms with Crippen LogP contribution in [0.5, 0.6) is 0 Å². The Morgan fingerprint density at radius 3 is 2.69 bits per heavy atom. The molecule has 2 heteroatoms. The van der Waals surface area contributed by atoms with Crippen LogP contribution in [0.25, 0.3) is 0 Å². The average molecular weight is 220 g/mol. The molecule has 16 heavy (non-hydrogen) atoms. The van der Waals surface area contributed by atoms with Gasteiger partial charge in [-0.25, -0.2) is 0 Å². The molecule has 0 aliphatic carbocycles. The highest BCUT2D eigenvalue weighted by molar-refractivity contribution is 5.17. The van der Waals surface area contributed by atoms with Gasteiger partial charge in [-0.05, 0) is 25.8 Å². The van der Waals surface area contributed by atoms with Crippen LogP contribution in [0.4, 0.5) is 0 Å². The Kier molecular flexibility index (Phi) is 3.31. The van der Waals surface area contributed by atoms with Gasteiger partial charge in [-0.2, -0.15) is 0 Å². The summed E-state index contributed by atoms with van der Waals surface area (Å²) in [6.45, 7) is 4.13. The average Bonchev–Trinajstić information content (AvgIpc) is 2.15. The predicted octanol–water partition coefficient (Wildman–Crippen LogP) is 2.55. The Hall–Kier alpha value is -0.860. The van der Waals surface area contributed by atoms with Crippen LogP contribution in [0.1, 0.15) is 32.3 Å². The van der Waals surface area contributed by atoms with Crippen molar-refractivity contribution in [2.45, 2.75) is 50.9 Å². The highest BCUT2D eigenvalue weighted by Gasteiger charge is 2.35. The molecule has 1 aliphatic heterocycles. The number of hydrogen-bond donors (Lipinski definition) is 1. The van der Waals surface area contributed by atoms with Crippen LogP contribution in [-0.2, 0) is 11.2 Å². The first-order chi connectivity index (χ1) is 7.57. The van der Waals surface area contributed by atoms with E-state index < -0.39 is 0 Å². The maximum Gasteiger partial charge on any atom is 0.0722 e. The van der Waals surface area contributed by atoms with Gasteiger partial charge in [0.1, 0.15) is 0 Å². The van der Waals surface area contributed by atoms with Gasteiger partial charge in [0.25, 0.3) is 0 Å². The second-order valence-corrected chi connectivity index (χ2v) is 5.13. The molecule has 1 saturated heterocycles. The minimum Gasteiger partial charge on any atom is -0.393 e. The Morgan fingerprint density at radius 1 is 1.38 bits per heavy atom. The van der Waals surface area contributed by atoms with E-state index in [1.807, 2.05) is 25.1 Å². The number of benzene rings is 1. The van der Waals surface area contributed by atoms with E-state index in [0.29, 0.717) is 0 Å². The van der Waals surface area contributed by atoms with Crippen LogP contribution >= 0.6 is 0 Å². The molecule has 1 heterocycles. The van der Waals surface area contributed by atoms with Gasteiger partial charge in [0.2, 0.25) is 0 Å². The maximum absolute atomic E-state index is 9.81. The smallest absolute Gasteiger partial charge is 0.0722 e. The van der Waals surface area contributed by atoms with Crippen molar-refractivity contribution < 1.29 is 9.84 Å². The first-order valence-corrected chi connectivity index (χ1v) is 5.97. The van der Waals surface area contributed by atoms with Crippen LogP contribution in [0.2, 0.25) is 0 Å². The first kappa shape index (κ1) is 11.6. The third-order valence-electron chi connectivity index (χ3n) is 3.18. The van der Waals surface area contributed by atoms with Crippen LogP contribution < -0.4 is 0 Å². The third-order valence-corrected chi connectivity index (χ3v) is 3.18. The maximum atomic E-state index is 9.81. The van der Waals surface area contributed by atoms with Gasteiger partial charge in [0, 0.05) is 12.8 Å². The van der Waals surface area contributed by atoms with E-state index in [0.717, 1.165) is 19.3 Å². The van der Waals surface area contributed by atoms with Gasteiger partial charge in [-0.3, -0.25) is 0 Å². The molecule has 0 bridgehead atoms. The topological polar surface area (TPSA) is 29.5 Å². The van der Waals surface area contributed by atoms with Gasteiger partial charge >= 0.3 is 0 Å². The van der Waals surface area contributed by atoms with Gasteiger partial charge < -0.3 is 9.84 Å². The van der Waals surface area contributed by atoms with E-state index in [-0.39, 0.29) is 17.8 Å². The normalized spacial score (nSPS) is 34.9. The fourth-order valence-electron chi connectivity index (χ4n) is 2.69. The molecule has 2 rings (SSSR count). The van der Waals surface area contributed by atoms with Crippen molar-refractivity contribution >= 4 is 0 Å². The van der Waals surface area contributed by atoms with E-state index in [4.69, 9.17) is 4.74 Å². The lowest BCUT2D eigenvalue weighted by molar-refractivity contribution is -0.145. The molecule has 2 nitrogen and oxygen atoms in total. The summed E-state index contributed by atoms with van der Waals surface area (Å²) in [4.78, 5) is 0. The minimum absolute atomic E-state index is 0.150. The lowest BCUT2D eigenvalue weighted by Gasteiger charge is -2.40. The highest BCUT2D eigenvalue weighted by atomic mass is 16.5. The van der Waals surface area contributed by atoms with Crippen molar-refractivity contribution in [2.75, 3.05) is 0 Å². The summed E-state index contributed by atoms with van der Waals surface area (Å²) in [6, 6.07) is 10.3. The molecular weight excluding hydrogens is 200 g/mol. The zero-order chi connectivity index (χ0) is 11.6. The van der Waals surface area contributed by atoms with Gasteiger partial charge in [-0.15, -0.1) is 0 Å². The van der Waals surface area contributed by atoms with Crippen molar-refractivity contribution in [1.29, 1.82) is 0 Å². The van der Waals surface area contributed by atoms with E-state index in [2.05, 4.69) is 19.1 Å². The molecule has 0 amide bonds. The Morgan fingerprint density at radius 2 is 2.06 bits per heavy atom. The van der Waals surface area contributed by atoms with E-state index in [9.17, 15) is 5.11 Å². The fourth-order valence-corrected chi connectivity index (χ4v) is 2.69. The van der Waals surface area contributed by atoms with E-state index in [1.54, 1.807) is 0 Å². The molecule has 1 N–H and O–H groups in total. The Labute approximate surface area is 97.3 Å². The van der Waals surface area contributed by atoms with Gasteiger partial charge in [-0.1, -0.05) is 30.3 Å². The van der Waals surface area contributed by atoms with E-state index in [1.165, 1.54) is 5.56 Å². The lowest BCUT2D eigenvalue weighted by Crippen LogP contribution is -2.44. The Balaban J connectivity index is 2.07. The number of ether oxygens (including phenoxy) is 1. The summed E-state index contributed by atoms with van der Waals surface area (Å²) < 4.78 is 5.99.